The van der Waals surface area contributed by atoms with Crippen molar-refractivity contribution in [1.82, 2.24) is 9.97 Å². The van der Waals surface area contributed by atoms with E-state index in [1.165, 1.54) is 6.92 Å². The van der Waals surface area contributed by atoms with Gasteiger partial charge in [0.05, 0.1) is 17.6 Å². The molecule has 0 aliphatic heterocycles. The van der Waals surface area contributed by atoms with Crippen LogP contribution < -0.4 is 0 Å². The number of carbonyl (C=O) groups is 1. The summed E-state index contributed by atoms with van der Waals surface area (Å²) in [4.78, 5) is 17.5. The molecule has 3 rings (SSSR count). The van der Waals surface area contributed by atoms with E-state index in [1.807, 2.05) is 4.98 Å². The third-order valence-corrected chi connectivity index (χ3v) is 4.07. The maximum atomic E-state index is 14.0. The van der Waals surface area contributed by atoms with Crippen molar-refractivity contribution in [2.24, 2.45) is 0 Å². The van der Waals surface area contributed by atoms with Crippen LogP contribution in [0.2, 0.25) is 0 Å². The van der Waals surface area contributed by atoms with Crippen LogP contribution in [0, 0.1) is 0 Å². The number of rotatable bonds is 3. The van der Waals surface area contributed by atoms with E-state index in [0.717, 1.165) is 18.2 Å². The van der Waals surface area contributed by atoms with E-state index in [0.29, 0.717) is 0 Å². The van der Waals surface area contributed by atoms with E-state index in [2.05, 4.69) is 4.98 Å². The van der Waals surface area contributed by atoms with Crippen molar-refractivity contribution in [3.8, 4) is 0 Å². The minimum absolute atomic E-state index is 0.0327. The van der Waals surface area contributed by atoms with Crippen molar-refractivity contribution in [3.05, 3.63) is 41.2 Å². The maximum Gasteiger partial charge on any atom is 0.458 e. The molecular weight excluding hydrogens is 416 g/mol. The van der Waals surface area contributed by atoms with Gasteiger partial charge in [0.1, 0.15) is 11.4 Å². The number of nitrogens with one attached hydrogen (secondary N) is 1. The number of hydrogen-bond donors (Lipinski definition) is 1. The lowest BCUT2D eigenvalue weighted by atomic mass is 9.99. The highest BCUT2D eigenvalue weighted by molar-refractivity contribution is 6.08. The van der Waals surface area contributed by atoms with Crippen LogP contribution in [-0.2, 0) is 16.8 Å². The normalized spacial score (nSPS) is 13.3. The molecule has 0 unspecified atom stereocenters. The number of carbonyl (C=O) groups excluding carboxylic acids is 1. The van der Waals surface area contributed by atoms with Crippen molar-refractivity contribution in [2.45, 2.75) is 25.2 Å². The number of benzene rings is 1. The first-order chi connectivity index (χ1) is 13.3. The van der Waals surface area contributed by atoms with E-state index in [-0.39, 0.29) is 29.3 Å². The van der Waals surface area contributed by atoms with Crippen molar-refractivity contribution < 1.29 is 44.7 Å². The first kappa shape index (κ1) is 20.8. The number of halogens is 8. The molecule has 0 saturated heterocycles. The van der Waals surface area contributed by atoms with Crippen molar-refractivity contribution in [3.63, 3.8) is 0 Å². The Morgan fingerprint density at radius 1 is 1.03 bits per heavy atom. The zero-order chi connectivity index (χ0) is 21.8. The van der Waals surface area contributed by atoms with Crippen LogP contribution >= 0.6 is 0 Å². The Morgan fingerprint density at radius 2 is 1.69 bits per heavy atom. The van der Waals surface area contributed by atoms with Gasteiger partial charge in [-0.2, -0.15) is 35.1 Å². The standard InChI is InChI=1S/C17H10F8N2O2/c1-2-29-14(28)11-5-8-10(26-11)4-3-7-9(15(18,19)17(23,24)25)6-12(16(20,21)22)27-13(7)8/h3-6,27H,2H2,1H3. The van der Waals surface area contributed by atoms with Crippen LogP contribution in [-0.4, -0.2) is 28.7 Å². The Balaban J connectivity index is 2.40. The molecule has 0 fully saturated rings. The number of aromatic nitrogens is 2. The third kappa shape index (κ3) is 3.47. The fourth-order valence-electron chi connectivity index (χ4n) is 2.78. The molecule has 1 aromatic carbocycles. The lowest BCUT2D eigenvalue weighted by Gasteiger charge is -2.23. The van der Waals surface area contributed by atoms with Gasteiger partial charge in [0.15, 0.2) is 0 Å². The summed E-state index contributed by atoms with van der Waals surface area (Å²) in [6, 6.07) is 2.49. The number of aromatic amines is 1. The molecule has 0 amide bonds. The SMILES string of the molecule is CCOC(=O)c1cc2c(ccc3c(C(F)(F)C(F)(F)F)cc(C(F)(F)F)[nH]c32)n1. The van der Waals surface area contributed by atoms with Crippen molar-refractivity contribution >= 4 is 27.8 Å². The average Bonchev–Trinajstić information content (AvgIpc) is 3.04. The molecule has 0 saturated carbocycles. The fourth-order valence-corrected chi connectivity index (χ4v) is 2.78. The molecule has 3 aromatic rings. The summed E-state index contributed by atoms with van der Waals surface area (Å²) in [5.74, 6) is -6.48. The summed E-state index contributed by atoms with van der Waals surface area (Å²) in [7, 11) is 0. The Bertz CT molecular complexity index is 1100. The molecular formula is C17H10F8N2O2. The second kappa shape index (κ2) is 6.56. The van der Waals surface area contributed by atoms with Crippen LogP contribution in [0.25, 0.3) is 21.8 Å². The van der Waals surface area contributed by atoms with E-state index in [4.69, 9.17) is 4.74 Å². The minimum Gasteiger partial charge on any atom is -0.461 e. The summed E-state index contributed by atoms with van der Waals surface area (Å²) in [5.41, 5.74) is -4.76. The van der Waals surface area contributed by atoms with Gasteiger partial charge in [0, 0.05) is 16.3 Å². The quantitative estimate of drug-likeness (QED) is 0.441. The second-order valence-electron chi connectivity index (χ2n) is 5.95. The third-order valence-electron chi connectivity index (χ3n) is 4.07. The fraction of sp³-hybridized carbons (Fsp3) is 0.294. The van der Waals surface area contributed by atoms with Crippen LogP contribution in [0.3, 0.4) is 0 Å². The molecule has 156 valence electrons. The van der Waals surface area contributed by atoms with Gasteiger partial charge in [-0.25, -0.2) is 9.78 Å². The molecule has 0 spiro atoms. The van der Waals surface area contributed by atoms with Crippen molar-refractivity contribution in [2.75, 3.05) is 6.61 Å². The summed E-state index contributed by atoms with van der Waals surface area (Å²) in [6.45, 7) is 1.46. The lowest BCUT2D eigenvalue weighted by molar-refractivity contribution is -0.288. The first-order valence-corrected chi connectivity index (χ1v) is 7.93. The van der Waals surface area contributed by atoms with Gasteiger partial charge < -0.3 is 9.72 Å². The highest BCUT2D eigenvalue weighted by Gasteiger charge is 2.59. The molecule has 4 nitrogen and oxygen atoms in total. The van der Waals surface area contributed by atoms with Gasteiger partial charge in [-0.15, -0.1) is 0 Å². The number of pyridine rings is 1. The van der Waals surface area contributed by atoms with Crippen LogP contribution in [0.5, 0.6) is 0 Å². The largest absolute Gasteiger partial charge is 0.461 e. The zero-order valence-corrected chi connectivity index (χ0v) is 14.3. The van der Waals surface area contributed by atoms with E-state index >= 15 is 0 Å². The predicted octanol–water partition coefficient (Wildman–Crippen LogP) is 5.57. The summed E-state index contributed by atoms with van der Waals surface area (Å²) < 4.78 is 111. The first-order valence-electron chi connectivity index (χ1n) is 7.93. The molecule has 12 heteroatoms. The molecule has 0 radical (unpaired) electrons. The second-order valence-corrected chi connectivity index (χ2v) is 5.95. The van der Waals surface area contributed by atoms with E-state index < -0.39 is 46.4 Å². The number of H-pyrrole nitrogens is 1. The minimum atomic E-state index is -6.13. The summed E-state index contributed by atoms with van der Waals surface area (Å²) in [6.07, 6.45) is -11.4. The Morgan fingerprint density at radius 3 is 2.24 bits per heavy atom. The van der Waals surface area contributed by atoms with Gasteiger partial charge in [-0.3, -0.25) is 0 Å². The van der Waals surface area contributed by atoms with Gasteiger partial charge in [-0.05, 0) is 25.1 Å². The summed E-state index contributed by atoms with van der Waals surface area (Å²) >= 11 is 0. The number of fused-ring (bicyclic) bond motifs is 3. The van der Waals surface area contributed by atoms with Crippen molar-refractivity contribution in [1.29, 1.82) is 0 Å². The number of ether oxygens (including phenoxy) is 1. The van der Waals surface area contributed by atoms with Gasteiger partial charge >= 0.3 is 24.2 Å². The van der Waals surface area contributed by atoms with Gasteiger partial charge in [-0.1, -0.05) is 6.07 Å². The van der Waals surface area contributed by atoms with Crippen LogP contribution in [0.1, 0.15) is 28.7 Å². The monoisotopic (exact) mass is 426 g/mol. The van der Waals surface area contributed by atoms with E-state index in [9.17, 15) is 39.9 Å². The van der Waals surface area contributed by atoms with Crippen LogP contribution in [0.15, 0.2) is 24.3 Å². The maximum absolute atomic E-state index is 14.0. The Labute approximate surface area is 156 Å². The number of hydrogen-bond acceptors (Lipinski definition) is 3. The van der Waals surface area contributed by atoms with Gasteiger partial charge in [0.25, 0.3) is 0 Å². The zero-order valence-electron chi connectivity index (χ0n) is 14.3. The topological polar surface area (TPSA) is 55.0 Å². The molecule has 2 aromatic heterocycles. The summed E-state index contributed by atoms with van der Waals surface area (Å²) in [5, 5.41) is -1.04. The molecule has 0 bridgehead atoms. The molecule has 2 heterocycles. The smallest absolute Gasteiger partial charge is 0.458 e. The van der Waals surface area contributed by atoms with Crippen LogP contribution in [0.4, 0.5) is 35.1 Å². The highest BCUT2D eigenvalue weighted by atomic mass is 19.4. The molecule has 0 atom stereocenters. The number of alkyl halides is 8. The molecule has 29 heavy (non-hydrogen) atoms. The Hall–Kier alpha value is -2.92. The molecule has 1 N–H and O–H groups in total. The Kier molecular flexibility index (Phi) is 4.71. The number of esters is 1. The van der Waals surface area contributed by atoms with Gasteiger partial charge in [0.2, 0.25) is 0 Å². The predicted molar refractivity (Wildman–Crippen MR) is 84.5 cm³/mol. The lowest BCUT2D eigenvalue weighted by Crippen LogP contribution is -2.34. The molecule has 0 aliphatic rings. The average molecular weight is 426 g/mol. The van der Waals surface area contributed by atoms with E-state index in [1.54, 1.807) is 0 Å². The molecule has 0 aliphatic carbocycles. The highest BCUT2D eigenvalue weighted by Crippen LogP contribution is 2.47. The number of nitrogens with zero attached hydrogens (tertiary/aromatic N) is 1.